The molecule has 4 N–H and O–H groups in total. The van der Waals surface area contributed by atoms with Crippen molar-refractivity contribution >= 4 is 29.0 Å². The van der Waals surface area contributed by atoms with Crippen LogP contribution < -0.4 is 26.0 Å². The van der Waals surface area contributed by atoms with Crippen LogP contribution in [0.2, 0.25) is 0 Å². The third kappa shape index (κ3) is 4.41. The van der Waals surface area contributed by atoms with E-state index in [1.807, 2.05) is 30.3 Å². The second kappa shape index (κ2) is 7.75. The van der Waals surface area contributed by atoms with Gasteiger partial charge in [0, 0.05) is 42.5 Å². The molecule has 1 saturated heterocycles. The van der Waals surface area contributed by atoms with Crippen LogP contribution in [0.3, 0.4) is 0 Å². The van der Waals surface area contributed by atoms with Crippen LogP contribution in [0.5, 0.6) is 5.75 Å². The summed E-state index contributed by atoms with van der Waals surface area (Å²) >= 11 is 0. The lowest BCUT2D eigenvalue weighted by Gasteiger charge is -2.28. The fraction of sp³-hybridized carbons (Fsp3) is 0.333. The molecule has 0 spiro atoms. The van der Waals surface area contributed by atoms with Crippen molar-refractivity contribution in [3.63, 3.8) is 0 Å². The second-order valence-corrected chi connectivity index (χ2v) is 7.68. The fourth-order valence-corrected chi connectivity index (χ4v) is 2.97. The first kappa shape index (κ1) is 18.6. The van der Waals surface area contributed by atoms with Gasteiger partial charge >= 0.3 is 0 Å². The first-order valence-corrected chi connectivity index (χ1v) is 10.1. The predicted octanol–water partition coefficient (Wildman–Crippen LogP) is 1.73. The molecular weight excluding hydrogens is 384 g/mol. The molecule has 2 aliphatic carbocycles. The van der Waals surface area contributed by atoms with Crippen LogP contribution in [-0.4, -0.2) is 47.2 Å². The average Bonchev–Trinajstić information content (AvgIpc) is 3.59. The summed E-state index contributed by atoms with van der Waals surface area (Å²) in [5.41, 5.74) is 2.11. The highest BCUT2D eigenvalue weighted by molar-refractivity contribution is 6.06. The first-order valence-electron chi connectivity index (χ1n) is 10.1. The fourth-order valence-electron chi connectivity index (χ4n) is 2.97. The van der Waals surface area contributed by atoms with Gasteiger partial charge in [0.2, 0.25) is 0 Å². The number of allylic oxidation sites excluding steroid dienone is 1. The van der Waals surface area contributed by atoms with Gasteiger partial charge in [-0.1, -0.05) is 12.1 Å². The monoisotopic (exact) mass is 406 g/mol. The molecule has 1 aliphatic heterocycles. The third-order valence-corrected chi connectivity index (χ3v) is 5.02. The van der Waals surface area contributed by atoms with E-state index in [2.05, 4.69) is 31.5 Å². The van der Waals surface area contributed by atoms with Crippen molar-refractivity contribution in [2.75, 3.05) is 23.7 Å². The van der Waals surface area contributed by atoms with Gasteiger partial charge in [0.25, 0.3) is 11.8 Å². The van der Waals surface area contributed by atoms with E-state index in [1.54, 1.807) is 6.07 Å². The zero-order valence-electron chi connectivity index (χ0n) is 16.3. The Bertz CT molecular complexity index is 1030. The Morgan fingerprint density at radius 2 is 1.93 bits per heavy atom. The number of nitrogens with one attached hydrogen (secondary N) is 4. The molecule has 3 aliphatic rings. The van der Waals surface area contributed by atoms with Crippen LogP contribution in [0.15, 0.2) is 42.0 Å². The Balaban J connectivity index is 1.38. The van der Waals surface area contributed by atoms with Crippen molar-refractivity contribution in [2.45, 2.75) is 31.4 Å². The van der Waals surface area contributed by atoms with Gasteiger partial charge in [0.15, 0.2) is 11.5 Å². The summed E-state index contributed by atoms with van der Waals surface area (Å²) in [5, 5.41) is 20.1. The smallest absolute Gasteiger partial charge is 0.274 e. The predicted molar refractivity (Wildman–Crippen MR) is 111 cm³/mol. The molecule has 0 bridgehead atoms. The number of hydrogen-bond acceptors (Lipinski definition) is 7. The maximum atomic E-state index is 12.6. The number of nitrogens with zero attached hydrogens (tertiary/aromatic N) is 2. The molecule has 1 saturated carbocycles. The van der Waals surface area contributed by atoms with Crippen LogP contribution in [0.25, 0.3) is 0 Å². The van der Waals surface area contributed by atoms with E-state index in [9.17, 15) is 9.59 Å². The number of carbonyl (C=O) groups is 2. The Morgan fingerprint density at radius 1 is 1.10 bits per heavy atom. The van der Waals surface area contributed by atoms with E-state index in [-0.39, 0.29) is 35.5 Å². The number of amides is 2. The number of carbonyl (C=O) groups excluding carboxylic acids is 2. The van der Waals surface area contributed by atoms with Crippen molar-refractivity contribution in [1.29, 1.82) is 0 Å². The third-order valence-electron chi connectivity index (χ3n) is 5.02. The highest BCUT2D eigenvalue weighted by Crippen LogP contribution is 2.27. The molecule has 2 fully saturated rings. The molecule has 5 rings (SSSR count). The van der Waals surface area contributed by atoms with Crippen LogP contribution in [0, 0.1) is 0 Å². The zero-order chi connectivity index (χ0) is 20.5. The Labute approximate surface area is 173 Å². The van der Waals surface area contributed by atoms with Crippen molar-refractivity contribution in [3.05, 3.63) is 47.7 Å². The SMILES string of the molecule is O=C(Nc1cc(Nc2cccc(OC3CNC3)c2)c(C(=O)NC2CC2)nn1)C1=CC1. The summed E-state index contributed by atoms with van der Waals surface area (Å²) in [6, 6.07) is 9.34. The lowest BCUT2D eigenvalue weighted by Crippen LogP contribution is -2.50. The normalized spacial score (nSPS) is 17.4. The minimum atomic E-state index is -0.289. The molecule has 154 valence electrons. The number of anilines is 3. The van der Waals surface area contributed by atoms with E-state index < -0.39 is 0 Å². The average molecular weight is 406 g/mol. The molecule has 2 amide bonds. The van der Waals surface area contributed by atoms with Gasteiger partial charge < -0.3 is 26.0 Å². The summed E-state index contributed by atoms with van der Waals surface area (Å²) in [4.78, 5) is 24.7. The van der Waals surface area contributed by atoms with Gasteiger partial charge in [0.1, 0.15) is 11.9 Å². The number of aromatic nitrogens is 2. The maximum Gasteiger partial charge on any atom is 0.274 e. The standard InChI is InChI=1S/C21H22N6O3/c28-20(12-4-5-12)25-18-9-17(19(27-26-18)21(29)24-13-6-7-13)23-14-2-1-3-15(8-14)30-16-10-22-11-16/h1-4,8-9,13,16,22H,5-7,10-11H2,(H,24,29)(H2,23,25,26,28). The highest BCUT2D eigenvalue weighted by atomic mass is 16.5. The molecule has 1 aromatic heterocycles. The van der Waals surface area contributed by atoms with Gasteiger partial charge in [0.05, 0.1) is 5.69 Å². The quantitative estimate of drug-likeness (QED) is 0.527. The molecule has 2 aromatic rings. The van der Waals surface area contributed by atoms with Crippen molar-refractivity contribution in [3.8, 4) is 5.75 Å². The molecule has 1 aromatic carbocycles. The molecule has 30 heavy (non-hydrogen) atoms. The molecule has 0 unspecified atom stereocenters. The minimum Gasteiger partial charge on any atom is -0.488 e. The van der Waals surface area contributed by atoms with Gasteiger partial charge in [-0.05, 0) is 31.4 Å². The van der Waals surface area contributed by atoms with Gasteiger partial charge in [-0.25, -0.2) is 0 Å². The van der Waals surface area contributed by atoms with Gasteiger partial charge in [-0.3, -0.25) is 9.59 Å². The summed E-state index contributed by atoms with van der Waals surface area (Å²) in [5.74, 6) is 0.538. The van der Waals surface area contributed by atoms with Crippen molar-refractivity contribution < 1.29 is 14.3 Å². The van der Waals surface area contributed by atoms with E-state index in [1.165, 1.54) is 0 Å². The van der Waals surface area contributed by atoms with E-state index in [4.69, 9.17) is 4.74 Å². The van der Waals surface area contributed by atoms with Crippen molar-refractivity contribution in [2.24, 2.45) is 0 Å². The highest BCUT2D eigenvalue weighted by Gasteiger charge is 2.27. The summed E-state index contributed by atoms with van der Waals surface area (Å²) in [6.07, 6.45) is 4.64. The van der Waals surface area contributed by atoms with Gasteiger partial charge in [-0.2, -0.15) is 0 Å². The summed E-state index contributed by atoms with van der Waals surface area (Å²) in [7, 11) is 0. The number of hydrogen-bond donors (Lipinski definition) is 4. The van der Waals surface area contributed by atoms with Gasteiger partial charge in [-0.15, -0.1) is 10.2 Å². The van der Waals surface area contributed by atoms with Crippen molar-refractivity contribution in [1.82, 2.24) is 20.8 Å². The van der Waals surface area contributed by atoms with Crippen LogP contribution in [-0.2, 0) is 4.79 Å². The summed E-state index contributed by atoms with van der Waals surface area (Å²) in [6.45, 7) is 1.66. The Morgan fingerprint density at radius 3 is 2.63 bits per heavy atom. The molecule has 9 heteroatoms. The Hall–Kier alpha value is -3.46. The molecule has 9 nitrogen and oxygen atoms in total. The maximum absolute atomic E-state index is 12.6. The topological polar surface area (TPSA) is 117 Å². The lowest BCUT2D eigenvalue weighted by atomic mass is 10.2. The lowest BCUT2D eigenvalue weighted by molar-refractivity contribution is -0.112. The number of ether oxygens (including phenoxy) is 1. The van der Waals surface area contributed by atoms with Crippen LogP contribution in [0.4, 0.5) is 17.2 Å². The second-order valence-electron chi connectivity index (χ2n) is 7.68. The van der Waals surface area contributed by atoms with Crippen LogP contribution in [0.1, 0.15) is 29.8 Å². The number of benzene rings is 1. The molecular formula is C21H22N6O3. The molecule has 0 radical (unpaired) electrons. The zero-order valence-corrected chi connectivity index (χ0v) is 16.3. The minimum absolute atomic E-state index is 0.168. The largest absolute Gasteiger partial charge is 0.488 e. The van der Waals surface area contributed by atoms with E-state index >= 15 is 0 Å². The summed E-state index contributed by atoms with van der Waals surface area (Å²) < 4.78 is 5.90. The van der Waals surface area contributed by atoms with E-state index in [0.717, 1.165) is 42.9 Å². The number of rotatable bonds is 8. The van der Waals surface area contributed by atoms with Crippen LogP contribution >= 0.6 is 0 Å². The first-order chi connectivity index (χ1) is 14.6. The molecule has 2 heterocycles. The Kier molecular flexibility index (Phi) is 4.80. The van der Waals surface area contributed by atoms with E-state index in [0.29, 0.717) is 12.1 Å². The molecule has 0 atom stereocenters.